The van der Waals surface area contributed by atoms with E-state index in [9.17, 15) is 4.79 Å². The Kier molecular flexibility index (Phi) is 4.62. The number of para-hydroxylation sites is 1. The van der Waals surface area contributed by atoms with Crippen LogP contribution in [0, 0.1) is 0 Å². The number of rotatable bonds is 3. The lowest BCUT2D eigenvalue weighted by atomic mass is 10.1. The van der Waals surface area contributed by atoms with Crippen LogP contribution in [0.2, 0.25) is 5.02 Å². The fourth-order valence-corrected chi connectivity index (χ4v) is 3.35. The van der Waals surface area contributed by atoms with Crippen molar-refractivity contribution >= 4 is 40.2 Å². The number of halogens is 1. The first kappa shape index (κ1) is 16.7. The number of piperidine rings is 1. The third-order valence-corrected chi connectivity index (χ3v) is 4.92. The molecule has 26 heavy (non-hydrogen) atoms. The summed E-state index contributed by atoms with van der Waals surface area (Å²) in [5, 5.41) is 7.87. The van der Waals surface area contributed by atoms with Crippen LogP contribution in [0.25, 0.3) is 11.0 Å². The van der Waals surface area contributed by atoms with Crippen molar-refractivity contribution in [1.29, 1.82) is 0 Å². The van der Waals surface area contributed by atoms with Crippen molar-refractivity contribution in [2.45, 2.75) is 18.9 Å². The number of aromatic nitrogens is 3. The number of anilines is 2. The van der Waals surface area contributed by atoms with E-state index in [1.165, 1.54) is 0 Å². The maximum Gasteiger partial charge on any atom is 0.321 e. The Morgan fingerprint density at radius 3 is 2.81 bits per heavy atom. The van der Waals surface area contributed by atoms with Crippen molar-refractivity contribution in [3.63, 3.8) is 0 Å². The van der Waals surface area contributed by atoms with Crippen LogP contribution < -0.4 is 10.6 Å². The number of aromatic amines is 1. The third kappa shape index (κ3) is 3.43. The van der Waals surface area contributed by atoms with Crippen molar-refractivity contribution in [2.75, 3.05) is 23.7 Å². The largest absolute Gasteiger partial charge is 0.367 e. The molecule has 0 bridgehead atoms. The van der Waals surface area contributed by atoms with E-state index in [0.717, 1.165) is 29.7 Å². The molecule has 1 aromatic carbocycles. The molecular weight excluding hydrogens is 352 g/mol. The number of likely N-dealkylation sites (tertiary alicyclic amines) is 1. The number of nitrogens with zero attached hydrogens (tertiary/aromatic N) is 3. The lowest BCUT2D eigenvalue weighted by Gasteiger charge is -2.32. The second-order valence-electron chi connectivity index (χ2n) is 6.28. The van der Waals surface area contributed by atoms with E-state index in [0.29, 0.717) is 23.8 Å². The molecule has 3 aromatic rings. The number of carbonyl (C=O) groups is 1. The van der Waals surface area contributed by atoms with Gasteiger partial charge in [0.1, 0.15) is 17.8 Å². The van der Waals surface area contributed by atoms with Crippen molar-refractivity contribution in [2.24, 2.45) is 0 Å². The van der Waals surface area contributed by atoms with Gasteiger partial charge in [-0.3, -0.25) is 0 Å². The molecule has 1 saturated heterocycles. The molecule has 134 valence electrons. The quantitative estimate of drug-likeness (QED) is 0.655. The van der Waals surface area contributed by atoms with Crippen molar-refractivity contribution < 1.29 is 4.79 Å². The van der Waals surface area contributed by atoms with Gasteiger partial charge in [-0.15, -0.1) is 0 Å². The van der Waals surface area contributed by atoms with Gasteiger partial charge in [-0.25, -0.2) is 14.8 Å². The predicted molar refractivity (Wildman–Crippen MR) is 103 cm³/mol. The molecule has 2 aromatic heterocycles. The summed E-state index contributed by atoms with van der Waals surface area (Å²) in [5.74, 6) is 0.829. The molecule has 8 heteroatoms. The van der Waals surface area contributed by atoms with Gasteiger partial charge in [-0.05, 0) is 31.0 Å². The van der Waals surface area contributed by atoms with Gasteiger partial charge in [-0.1, -0.05) is 23.7 Å². The fraction of sp³-hybridized carbons (Fsp3) is 0.278. The summed E-state index contributed by atoms with van der Waals surface area (Å²) < 4.78 is 0. The van der Waals surface area contributed by atoms with E-state index < -0.39 is 0 Å². The van der Waals surface area contributed by atoms with Crippen LogP contribution in [-0.4, -0.2) is 45.0 Å². The summed E-state index contributed by atoms with van der Waals surface area (Å²) in [4.78, 5) is 25.9. The number of hydrogen-bond donors (Lipinski definition) is 3. The highest BCUT2D eigenvalue weighted by Crippen LogP contribution is 2.23. The Balaban J connectivity index is 1.35. The highest BCUT2D eigenvalue weighted by molar-refractivity contribution is 6.33. The number of urea groups is 1. The molecule has 0 spiro atoms. The van der Waals surface area contributed by atoms with Crippen LogP contribution >= 0.6 is 11.6 Å². The highest BCUT2D eigenvalue weighted by Gasteiger charge is 2.23. The standard InChI is InChI=1S/C18H19ClN6O/c19-14-3-1-2-4-15(14)24-18(26)25-9-6-12(7-10-25)23-17-13-5-8-20-16(13)21-11-22-17/h1-5,8,11-12H,6-7,9-10H2,(H,24,26)(H2,20,21,22,23). The Labute approximate surface area is 155 Å². The van der Waals surface area contributed by atoms with E-state index in [1.54, 1.807) is 18.5 Å². The van der Waals surface area contributed by atoms with Gasteiger partial charge in [-0.2, -0.15) is 0 Å². The summed E-state index contributed by atoms with van der Waals surface area (Å²) in [6, 6.07) is 9.36. The van der Waals surface area contributed by atoms with Crippen LogP contribution in [0.1, 0.15) is 12.8 Å². The smallest absolute Gasteiger partial charge is 0.321 e. The number of fused-ring (bicyclic) bond motifs is 1. The molecular formula is C18H19ClN6O. The SMILES string of the molecule is O=C(Nc1ccccc1Cl)N1CCC(Nc2ncnc3[nH]ccc23)CC1. The molecule has 0 radical (unpaired) electrons. The number of carbonyl (C=O) groups excluding carboxylic acids is 1. The number of H-pyrrole nitrogens is 1. The molecule has 1 fully saturated rings. The van der Waals surface area contributed by atoms with Gasteiger partial charge in [0.05, 0.1) is 16.1 Å². The molecule has 1 aliphatic heterocycles. The van der Waals surface area contributed by atoms with Crippen LogP contribution in [-0.2, 0) is 0 Å². The second kappa shape index (κ2) is 7.21. The summed E-state index contributed by atoms with van der Waals surface area (Å²) >= 11 is 6.10. The topological polar surface area (TPSA) is 85.9 Å². The predicted octanol–water partition coefficient (Wildman–Crippen LogP) is 3.72. The highest BCUT2D eigenvalue weighted by atomic mass is 35.5. The van der Waals surface area contributed by atoms with Gasteiger partial charge >= 0.3 is 6.03 Å². The van der Waals surface area contributed by atoms with Crippen LogP contribution in [0.3, 0.4) is 0 Å². The monoisotopic (exact) mass is 370 g/mol. The van der Waals surface area contributed by atoms with Gasteiger partial charge in [0.2, 0.25) is 0 Å². The van der Waals surface area contributed by atoms with E-state index in [2.05, 4.69) is 25.6 Å². The fourth-order valence-electron chi connectivity index (χ4n) is 3.16. The minimum Gasteiger partial charge on any atom is -0.367 e. The summed E-state index contributed by atoms with van der Waals surface area (Å²) in [5.41, 5.74) is 1.45. The lowest BCUT2D eigenvalue weighted by molar-refractivity contribution is 0.197. The average molecular weight is 371 g/mol. The zero-order valence-corrected chi connectivity index (χ0v) is 14.8. The minimum atomic E-state index is -0.119. The maximum atomic E-state index is 12.4. The average Bonchev–Trinajstić information content (AvgIpc) is 3.14. The van der Waals surface area contributed by atoms with E-state index >= 15 is 0 Å². The third-order valence-electron chi connectivity index (χ3n) is 4.59. The summed E-state index contributed by atoms with van der Waals surface area (Å²) in [6.45, 7) is 1.35. The molecule has 2 amide bonds. The molecule has 3 heterocycles. The normalized spacial score (nSPS) is 15.2. The van der Waals surface area contributed by atoms with E-state index in [1.807, 2.05) is 29.3 Å². The van der Waals surface area contributed by atoms with Crippen molar-refractivity contribution in [1.82, 2.24) is 19.9 Å². The Morgan fingerprint density at radius 1 is 1.19 bits per heavy atom. The summed E-state index contributed by atoms with van der Waals surface area (Å²) in [7, 11) is 0. The molecule has 0 unspecified atom stereocenters. The van der Waals surface area contributed by atoms with E-state index in [4.69, 9.17) is 11.6 Å². The molecule has 0 aliphatic carbocycles. The minimum absolute atomic E-state index is 0.119. The molecule has 4 rings (SSSR count). The Bertz CT molecular complexity index is 919. The van der Waals surface area contributed by atoms with Gasteiger partial charge in [0.15, 0.2) is 0 Å². The van der Waals surface area contributed by atoms with Crippen LogP contribution in [0.5, 0.6) is 0 Å². The molecule has 0 saturated carbocycles. The first-order valence-corrected chi connectivity index (χ1v) is 8.93. The first-order chi connectivity index (χ1) is 12.7. The van der Waals surface area contributed by atoms with Crippen LogP contribution in [0.4, 0.5) is 16.3 Å². The molecule has 1 aliphatic rings. The first-order valence-electron chi connectivity index (χ1n) is 8.56. The number of benzene rings is 1. The second-order valence-corrected chi connectivity index (χ2v) is 6.69. The number of nitrogens with one attached hydrogen (secondary N) is 3. The van der Waals surface area contributed by atoms with Gasteiger partial charge in [0.25, 0.3) is 0 Å². The zero-order valence-electron chi connectivity index (χ0n) is 14.1. The van der Waals surface area contributed by atoms with Gasteiger partial charge < -0.3 is 20.5 Å². The Morgan fingerprint density at radius 2 is 2.00 bits per heavy atom. The van der Waals surface area contributed by atoms with Crippen molar-refractivity contribution in [3.8, 4) is 0 Å². The Hall–Kier alpha value is -2.80. The summed E-state index contributed by atoms with van der Waals surface area (Å²) in [6.07, 6.45) is 5.11. The maximum absolute atomic E-state index is 12.4. The number of amides is 2. The van der Waals surface area contributed by atoms with Crippen LogP contribution in [0.15, 0.2) is 42.9 Å². The van der Waals surface area contributed by atoms with Gasteiger partial charge in [0, 0.05) is 25.3 Å². The molecule has 0 atom stereocenters. The number of hydrogen-bond acceptors (Lipinski definition) is 4. The lowest BCUT2D eigenvalue weighted by Crippen LogP contribution is -2.44. The molecule has 3 N–H and O–H groups in total. The molecule has 7 nitrogen and oxygen atoms in total. The van der Waals surface area contributed by atoms with Crippen molar-refractivity contribution in [3.05, 3.63) is 47.9 Å². The van der Waals surface area contributed by atoms with E-state index in [-0.39, 0.29) is 12.1 Å². The zero-order chi connectivity index (χ0) is 17.9.